The molecule has 0 radical (unpaired) electrons. The molecule has 1 aliphatic rings. The van der Waals surface area contributed by atoms with E-state index in [-0.39, 0.29) is 16.6 Å². The molecule has 6 nitrogen and oxygen atoms in total. The molecular formula is C23H26BrFN4O2S. The predicted octanol–water partition coefficient (Wildman–Crippen LogP) is 5.34. The average molecular weight is 521 g/mol. The Balaban J connectivity index is 1.84. The molecule has 1 aliphatic carbocycles. The van der Waals surface area contributed by atoms with Gasteiger partial charge >= 0.3 is 0 Å². The van der Waals surface area contributed by atoms with Crippen molar-refractivity contribution in [1.29, 1.82) is 0 Å². The van der Waals surface area contributed by atoms with E-state index >= 15 is 0 Å². The molecule has 2 heterocycles. The van der Waals surface area contributed by atoms with Gasteiger partial charge in [0.05, 0.1) is 23.5 Å². The third kappa shape index (κ3) is 4.65. The molecule has 0 saturated heterocycles. The summed E-state index contributed by atoms with van der Waals surface area (Å²) in [5.74, 6) is -0.225. The number of hydrogen-bond acceptors (Lipinski definition) is 4. The molecular weight excluding hydrogens is 495 g/mol. The Labute approximate surface area is 196 Å². The van der Waals surface area contributed by atoms with Gasteiger partial charge in [0, 0.05) is 27.5 Å². The highest BCUT2D eigenvalue weighted by Gasteiger charge is 2.39. The molecule has 1 atom stereocenters. The SMILES string of the molecule is Cc1ccc(S(=O)(=O)N[C@@H](c2cnn(C(C)(C)C)c2-c2cc(F)ccc2Br)C2CC2)cn1. The number of nitrogens with one attached hydrogen (secondary N) is 1. The summed E-state index contributed by atoms with van der Waals surface area (Å²) < 4.78 is 46.0. The fourth-order valence-electron chi connectivity index (χ4n) is 3.74. The molecule has 1 aromatic carbocycles. The van der Waals surface area contributed by atoms with E-state index in [9.17, 15) is 12.8 Å². The van der Waals surface area contributed by atoms with Crippen molar-refractivity contribution in [3.05, 3.63) is 64.3 Å². The molecule has 1 saturated carbocycles. The fraction of sp³-hybridized carbons (Fsp3) is 0.391. The van der Waals surface area contributed by atoms with E-state index in [2.05, 4.69) is 30.7 Å². The van der Waals surface area contributed by atoms with E-state index in [0.29, 0.717) is 15.7 Å². The van der Waals surface area contributed by atoms with Gasteiger partial charge in [0.25, 0.3) is 0 Å². The van der Waals surface area contributed by atoms with E-state index in [1.54, 1.807) is 31.3 Å². The van der Waals surface area contributed by atoms with Crippen LogP contribution in [-0.2, 0) is 15.6 Å². The lowest BCUT2D eigenvalue weighted by Crippen LogP contribution is -2.31. The topological polar surface area (TPSA) is 76.9 Å². The Hall–Kier alpha value is -2.10. The number of aryl methyl sites for hydroxylation is 1. The number of pyridine rings is 1. The molecule has 0 aliphatic heterocycles. The smallest absolute Gasteiger partial charge is 0.242 e. The minimum absolute atomic E-state index is 0.116. The summed E-state index contributed by atoms with van der Waals surface area (Å²) in [7, 11) is -3.81. The van der Waals surface area contributed by atoms with Crippen molar-refractivity contribution in [3.8, 4) is 11.3 Å². The van der Waals surface area contributed by atoms with E-state index in [1.807, 2.05) is 25.5 Å². The lowest BCUT2D eigenvalue weighted by Gasteiger charge is -2.25. The first-order valence-electron chi connectivity index (χ1n) is 10.5. The summed E-state index contributed by atoms with van der Waals surface area (Å²) in [6.07, 6.45) is 4.88. The second-order valence-electron chi connectivity index (χ2n) is 9.23. The third-order valence-corrected chi connectivity index (χ3v) is 7.64. The molecule has 0 bridgehead atoms. The zero-order valence-electron chi connectivity index (χ0n) is 18.4. The molecule has 9 heteroatoms. The van der Waals surface area contributed by atoms with Crippen LogP contribution in [0, 0.1) is 18.7 Å². The Morgan fingerprint density at radius 1 is 1.19 bits per heavy atom. The second-order valence-corrected chi connectivity index (χ2v) is 11.8. The number of nitrogens with zero attached hydrogens (tertiary/aromatic N) is 3. The molecule has 32 heavy (non-hydrogen) atoms. The summed E-state index contributed by atoms with van der Waals surface area (Å²) in [6, 6.07) is 7.24. The molecule has 0 unspecified atom stereocenters. The predicted molar refractivity (Wildman–Crippen MR) is 125 cm³/mol. The van der Waals surface area contributed by atoms with E-state index in [4.69, 9.17) is 0 Å². The van der Waals surface area contributed by atoms with E-state index < -0.39 is 21.6 Å². The summed E-state index contributed by atoms with van der Waals surface area (Å²) in [6.45, 7) is 7.83. The van der Waals surface area contributed by atoms with Gasteiger partial charge in [-0.1, -0.05) is 15.9 Å². The van der Waals surface area contributed by atoms with Gasteiger partial charge < -0.3 is 0 Å². The molecule has 0 spiro atoms. The van der Waals surface area contributed by atoms with Crippen LogP contribution in [0.2, 0.25) is 0 Å². The van der Waals surface area contributed by atoms with Crippen LogP contribution >= 0.6 is 15.9 Å². The monoisotopic (exact) mass is 520 g/mol. The molecule has 4 rings (SSSR count). The highest BCUT2D eigenvalue weighted by molar-refractivity contribution is 9.10. The summed E-state index contributed by atoms with van der Waals surface area (Å²) >= 11 is 3.54. The quantitative estimate of drug-likeness (QED) is 0.475. The van der Waals surface area contributed by atoms with Crippen molar-refractivity contribution < 1.29 is 12.8 Å². The number of hydrogen-bond donors (Lipinski definition) is 1. The van der Waals surface area contributed by atoms with Crippen molar-refractivity contribution in [2.75, 3.05) is 0 Å². The Bertz CT molecular complexity index is 1250. The van der Waals surface area contributed by atoms with Crippen LogP contribution in [0.5, 0.6) is 0 Å². The van der Waals surface area contributed by atoms with E-state index in [0.717, 1.165) is 24.1 Å². The molecule has 2 aromatic heterocycles. The summed E-state index contributed by atoms with van der Waals surface area (Å²) in [5, 5.41) is 4.61. The van der Waals surface area contributed by atoms with Gasteiger partial charge in [-0.05, 0) is 76.8 Å². The average Bonchev–Trinajstić information content (AvgIpc) is 3.45. The highest BCUT2D eigenvalue weighted by atomic mass is 79.9. The van der Waals surface area contributed by atoms with Crippen molar-refractivity contribution in [3.63, 3.8) is 0 Å². The number of sulfonamides is 1. The van der Waals surface area contributed by atoms with Gasteiger partial charge in [0.2, 0.25) is 10.0 Å². The largest absolute Gasteiger partial charge is 0.260 e. The van der Waals surface area contributed by atoms with Crippen molar-refractivity contribution in [2.24, 2.45) is 5.92 Å². The number of benzene rings is 1. The fourth-order valence-corrected chi connectivity index (χ4v) is 5.40. The van der Waals surface area contributed by atoms with Crippen LogP contribution in [0.15, 0.2) is 52.1 Å². The van der Waals surface area contributed by atoms with Crippen LogP contribution in [0.4, 0.5) is 4.39 Å². The van der Waals surface area contributed by atoms with Gasteiger partial charge in [-0.25, -0.2) is 17.5 Å². The maximum atomic E-state index is 14.2. The van der Waals surface area contributed by atoms with Crippen molar-refractivity contribution in [1.82, 2.24) is 19.5 Å². The Morgan fingerprint density at radius 2 is 1.91 bits per heavy atom. The maximum Gasteiger partial charge on any atom is 0.242 e. The first-order valence-corrected chi connectivity index (χ1v) is 12.7. The van der Waals surface area contributed by atoms with Crippen LogP contribution in [0.1, 0.15) is 50.9 Å². The Morgan fingerprint density at radius 3 is 2.50 bits per heavy atom. The van der Waals surface area contributed by atoms with Gasteiger partial charge in [-0.3, -0.25) is 9.67 Å². The van der Waals surface area contributed by atoms with Gasteiger partial charge in [0.1, 0.15) is 10.7 Å². The summed E-state index contributed by atoms with van der Waals surface area (Å²) in [4.78, 5) is 4.24. The second kappa shape index (κ2) is 8.35. The molecule has 1 N–H and O–H groups in total. The van der Waals surface area contributed by atoms with Crippen LogP contribution in [0.3, 0.4) is 0 Å². The van der Waals surface area contributed by atoms with Gasteiger partial charge in [-0.15, -0.1) is 0 Å². The minimum atomic E-state index is -3.81. The van der Waals surface area contributed by atoms with Crippen molar-refractivity contribution in [2.45, 2.75) is 57.0 Å². The van der Waals surface area contributed by atoms with E-state index in [1.165, 1.54) is 18.3 Å². The Kier molecular flexibility index (Phi) is 6.02. The van der Waals surface area contributed by atoms with Gasteiger partial charge in [0.15, 0.2) is 0 Å². The first-order chi connectivity index (χ1) is 15.0. The van der Waals surface area contributed by atoms with Crippen LogP contribution in [0.25, 0.3) is 11.3 Å². The van der Waals surface area contributed by atoms with Crippen LogP contribution < -0.4 is 4.72 Å². The van der Waals surface area contributed by atoms with Crippen LogP contribution in [-0.4, -0.2) is 23.2 Å². The summed E-state index contributed by atoms with van der Waals surface area (Å²) in [5.41, 5.74) is 2.41. The zero-order chi connectivity index (χ0) is 23.3. The molecule has 0 amide bonds. The number of halogens is 2. The lowest BCUT2D eigenvalue weighted by molar-refractivity contribution is 0.359. The normalized spacial score (nSPS) is 15.7. The molecule has 3 aromatic rings. The molecule has 170 valence electrons. The minimum Gasteiger partial charge on any atom is -0.260 e. The number of aromatic nitrogens is 3. The highest BCUT2D eigenvalue weighted by Crippen LogP contribution is 2.46. The maximum absolute atomic E-state index is 14.2. The lowest BCUT2D eigenvalue weighted by atomic mass is 9.98. The first kappa shape index (κ1) is 23.1. The molecule has 1 fully saturated rings. The third-order valence-electron chi connectivity index (χ3n) is 5.52. The zero-order valence-corrected chi connectivity index (χ0v) is 20.8. The number of rotatable bonds is 6. The van der Waals surface area contributed by atoms with Gasteiger partial charge in [-0.2, -0.15) is 5.10 Å². The van der Waals surface area contributed by atoms with Crippen molar-refractivity contribution >= 4 is 26.0 Å². The standard InChI is InChI=1S/C23H26BrFN4O2S/c1-14-5-9-17(12-26-14)32(30,31)28-21(15-6-7-15)19-13-27-29(23(2,3)4)22(19)18-11-16(25)8-10-20(18)24/h5,8-13,15,21,28H,6-7H2,1-4H3/t21-/m1/s1.